The Kier molecular flexibility index (Phi) is 3.77. The van der Waals surface area contributed by atoms with Crippen molar-refractivity contribution >= 4 is 27.0 Å². The minimum atomic E-state index is -3.56. The molecule has 0 saturated heterocycles. The first kappa shape index (κ1) is 14.2. The number of sulfonamides is 1. The Morgan fingerprint density at radius 2 is 1.90 bits per heavy atom. The summed E-state index contributed by atoms with van der Waals surface area (Å²) in [6.45, 7) is 2.97. The van der Waals surface area contributed by atoms with Crippen molar-refractivity contribution in [2.45, 2.75) is 17.6 Å². The van der Waals surface area contributed by atoms with Crippen LogP contribution in [0.1, 0.15) is 11.8 Å². The number of aryl methyl sites for hydroxylation is 1. The molecule has 1 aliphatic heterocycles. The summed E-state index contributed by atoms with van der Waals surface area (Å²) >= 11 is 1.28. The zero-order valence-electron chi connectivity index (χ0n) is 11.5. The Balaban J connectivity index is 1.85. The smallest absolute Gasteiger partial charge is 0.271 e. The molecule has 112 valence electrons. The van der Waals surface area contributed by atoms with Gasteiger partial charge < -0.3 is 9.47 Å². The molecule has 3 rings (SSSR count). The Hall–Kier alpha value is -1.73. The van der Waals surface area contributed by atoms with Gasteiger partial charge in [0.25, 0.3) is 10.0 Å². The van der Waals surface area contributed by atoms with Crippen LogP contribution in [0.15, 0.2) is 34.5 Å². The lowest BCUT2D eigenvalue weighted by molar-refractivity contribution is 0.171. The molecule has 1 aromatic heterocycles. The van der Waals surface area contributed by atoms with E-state index in [2.05, 4.69) is 4.72 Å². The molecule has 5 nitrogen and oxygen atoms in total. The number of hydrogen-bond acceptors (Lipinski definition) is 5. The third-order valence-electron chi connectivity index (χ3n) is 3.04. The van der Waals surface area contributed by atoms with Crippen molar-refractivity contribution in [3.8, 4) is 11.5 Å². The first-order chi connectivity index (χ1) is 10.1. The predicted molar refractivity (Wildman–Crippen MR) is 81.9 cm³/mol. The number of hydrogen-bond donors (Lipinski definition) is 1. The lowest BCUT2D eigenvalue weighted by Crippen LogP contribution is -2.16. The maximum Gasteiger partial charge on any atom is 0.271 e. The number of fused-ring (bicyclic) bond motifs is 1. The van der Waals surface area contributed by atoms with Gasteiger partial charge in [-0.3, -0.25) is 4.72 Å². The molecule has 0 radical (unpaired) electrons. The molecule has 0 atom stereocenters. The van der Waals surface area contributed by atoms with Gasteiger partial charge in [0, 0.05) is 10.9 Å². The second-order valence-electron chi connectivity index (χ2n) is 4.54. The van der Waals surface area contributed by atoms with E-state index in [1.165, 1.54) is 11.3 Å². The molecule has 1 aromatic carbocycles. The van der Waals surface area contributed by atoms with Crippen molar-refractivity contribution in [1.82, 2.24) is 0 Å². The van der Waals surface area contributed by atoms with Crippen molar-refractivity contribution in [2.75, 3.05) is 17.9 Å². The molecular formula is C14H15NO4S2. The maximum absolute atomic E-state index is 12.3. The summed E-state index contributed by atoms with van der Waals surface area (Å²) in [6.07, 6.45) is 0.824. The van der Waals surface area contributed by atoms with Crippen molar-refractivity contribution in [3.63, 3.8) is 0 Å². The molecule has 0 saturated carbocycles. The van der Waals surface area contributed by atoms with Crippen LogP contribution in [0.25, 0.3) is 0 Å². The molecule has 2 heterocycles. The second kappa shape index (κ2) is 5.57. The number of rotatable bonds is 4. The van der Waals surface area contributed by atoms with Crippen LogP contribution in [-0.4, -0.2) is 21.6 Å². The molecule has 0 aliphatic carbocycles. The van der Waals surface area contributed by atoms with E-state index in [-0.39, 0.29) is 0 Å². The maximum atomic E-state index is 12.3. The highest BCUT2D eigenvalue weighted by Gasteiger charge is 2.18. The van der Waals surface area contributed by atoms with Crippen molar-refractivity contribution in [2.24, 2.45) is 0 Å². The number of benzene rings is 1. The quantitative estimate of drug-likeness (QED) is 0.939. The summed E-state index contributed by atoms with van der Waals surface area (Å²) in [5, 5.41) is 0. The second-order valence-corrected chi connectivity index (χ2v) is 7.62. The molecule has 1 aliphatic rings. The first-order valence-corrected chi connectivity index (χ1v) is 8.89. The van der Waals surface area contributed by atoms with Crippen LogP contribution in [0.5, 0.6) is 11.5 Å². The minimum Gasteiger partial charge on any atom is -0.486 e. The van der Waals surface area contributed by atoms with Gasteiger partial charge in [-0.2, -0.15) is 0 Å². The van der Waals surface area contributed by atoms with Crippen LogP contribution in [-0.2, 0) is 16.4 Å². The van der Waals surface area contributed by atoms with Gasteiger partial charge >= 0.3 is 0 Å². The average molecular weight is 325 g/mol. The Labute approximate surface area is 127 Å². The van der Waals surface area contributed by atoms with E-state index in [0.29, 0.717) is 34.6 Å². The lowest BCUT2D eigenvalue weighted by atomic mass is 10.3. The van der Waals surface area contributed by atoms with Gasteiger partial charge in [0.15, 0.2) is 11.5 Å². The van der Waals surface area contributed by atoms with Gasteiger partial charge in [-0.1, -0.05) is 6.92 Å². The van der Waals surface area contributed by atoms with Gasteiger partial charge in [0.05, 0.1) is 5.69 Å². The van der Waals surface area contributed by atoms with Gasteiger partial charge in [-0.15, -0.1) is 11.3 Å². The largest absolute Gasteiger partial charge is 0.486 e. The fraction of sp³-hybridized carbons (Fsp3) is 0.286. The van der Waals surface area contributed by atoms with E-state index in [9.17, 15) is 8.42 Å². The summed E-state index contributed by atoms with van der Waals surface area (Å²) in [5.74, 6) is 1.19. The summed E-state index contributed by atoms with van der Waals surface area (Å²) in [6, 6.07) is 8.48. The van der Waals surface area contributed by atoms with E-state index in [4.69, 9.17) is 9.47 Å². The number of anilines is 1. The fourth-order valence-corrected chi connectivity index (χ4v) is 4.35. The van der Waals surface area contributed by atoms with Crippen LogP contribution in [0, 0.1) is 0 Å². The first-order valence-electron chi connectivity index (χ1n) is 6.59. The zero-order chi connectivity index (χ0) is 14.9. The molecule has 2 aromatic rings. The molecule has 0 amide bonds. The van der Waals surface area contributed by atoms with Crippen molar-refractivity contribution in [1.29, 1.82) is 0 Å². The van der Waals surface area contributed by atoms with Gasteiger partial charge in [-0.05, 0) is 30.7 Å². The van der Waals surface area contributed by atoms with E-state index < -0.39 is 10.0 Å². The zero-order valence-corrected chi connectivity index (χ0v) is 13.1. The highest BCUT2D eigenvalue weighted by molar-refractivity contribution is 7.94. The van der Waals surface area contributed by atoms with E-state index >= 15 is 0 Å². The van der Waals surface area contributed by atoms with Gasteiger partial charge in [0.1, 0.15) is 17.4 Å². The third kappa shape index (κ3) is 2.98. The standard InChI is InChI=1S/C14H15NO4S2/c1-2-11-4-6-14(20-11)21(16,17)15-10-3-5-12-13(9-10)19-8-7-18-12/h3-6,9,15H,2,7-8H2,1H3. The highest BCUT2D eigenvalue weighted by atomic mass is 32.2. The Morgan fingerprint density at radius 3 is 2.62 bits per heavy atom. The SMILES string of the molecule is CCc1ccc(S(=O)(=O)Nc2ccc3c(c2)OCCO3)s1. The summed E-state index contributed by atoms with van der Waals surface area (Å²) in [4.78, 5) is 1.04. The molecular weight excluding hydrogens is 310 g/mol. The van der Waals surface area contributed by atoms with E-state index in [1.54, 1.807) is 24.3 Å². The summed E-state index contributed by atoms with van der Waals surface area (Å²) < 4.78 is 38.4. The van der Waals surface area contributed by atoms with Crippen LogP contribution in [0.2, 0.25) is 0 Å². The fourth-order valence-electron chi connectivity index (χ4n) is 2.00. The van der Waals surface area contributed by atoms with E-state index in [1.807, 2.05) is 13.0 Å². The van der Waals surface area contributed by atoms with Crippen LogP contribution in [0.3, 0.4) is 0 Å². The minimum absolute atomic E-state index is 0.314. The Morgan fingerprint density at radius 1 is 1.14 bits per heavy atom. The molecule has 0 bridgehead atoms. The van der Waals surface area contributed by atoms with Crippen molar-refractivity contribution < 1.29 is 17.9 Å². The average Bonchev–Trinajstić information content (AvgIpc) is 2.96. The van der Waals surface area contributed by atoms with Gasteiger partial charge in [0.2, 0.25) is 0 Å². The van der Waals surface area contributed by atoms with Crippen LogP contribution < -0.4 is 14.2 Å². The molecule has 0 unspecified atom stereocenters. The summed E-state index contributed by atoms with van der Waals surface area (Å²) in [7, 11) is -3.56. The van der Waals surface area contributed by atoms with Crippen LogP contribution in [0.4, 0.5) is 5.69 Å². The highest BCUT2D eigenvalue weighted by Crippen LogP contribution is 2.33. The topological polar surface area (TPSA) is 64.6 Å². The van der Waals surface area contributed by atoms with Crippen LogP contribution >= 0.6 is 11.3 Å². The van der Waals surface area contributed by atoms with E-state index in [0.717, 1.165) is 11.3 Å². The number of nitrogens with one attached hydrogen (secondary N) is 1. The van der Waals surface area contributed by atoms with Gasteiger partial charge in [-0.25, -0.2) is 8.42 Å². The molecule has 0 spiro atoms. The lowest BCUT2D eigenvalue weighted by Gasteiger charge is -2.19. The number of thiophene rings is 1. The number of ether oxygens (including phenoxy) is 2. The Bertz CT molecular complexity index is 752. The predicted octanol–water partition coefficient (Wildman–Crippen LogP) is 2.88. The van der Waals surface area contributed by atoms with Crippen molar-refractivity contribution in [3.05, 3.63) is 35.2 Å². The monoisotopic (exact) mass is 325 g/mol. The molecule has 1 N–H and O–H groups in total. The molecule has 0 fully saturated rings. The molecule has 7 heteroatoms. The third-order valence-corrected chi connectivity index (χ3v) is 6.15. The summed E-state index contributed by atoms with van der Waals surface area (Å²) in [5.41, 5.74) is 0.464. The normalized spacial score (nSPS) is 14.0. The molecule has 21 heavy (non-hydrogen) atoms.